The monoisotopic (exact) mass is 438 g/mol. The van der Waals surface area contributed by atoms with Crippen molar-refractivity contribution < 1.29 is 14.6 Å². The van der Waals surface area contributed by atoms with Crippen LogP contribution in [0.2, 0.25) is 5.02 Å². The number of amides is 1. The predicted octanol–water partition coefficient (Wildman–Crippen LogP) is 4.71. The van der Waals surface area contributed by atoms with Crippen LogP contribution in [0.15, 0.2) is 50.8 Å². The van der Waals surface area contributed by atoms with Crippen molar-refractivity contribution in [2.24, 2.45) is 4.99 Å². The lowest BCUT2D eigenvalue weighted by molar-refractivity contribution is -0.115. The zero-order chi connectivity index (χ0) is 18.0. The van der Waals surface area contributed by atoms with Crippen LogP contribution < -0.4 is 10.1 Å². The summed E-state index contributed by atoms with van der Waals surface area (Å²) in [5, 5.41) is 13.8. The summed E-state index contributed by atoms with van der Waals surface area (Å²) in [6.07, 6.45) is 1.58. The molecule has 1 saturated heterocycles. The number of carbonyl (C=O) groups excluding carboxylic acids is 1. The number of benzene rings is 2. The van der Waals surface area contributed by atoms with Crippen LogP contribution in [-0.4, -0.2) is 23.3 Å². The average molecular weight is 440 g/mol. The van der Waals surface area contributed by atoms with Gasteiger partial charge in [0.05, 0.1) is 22.7 Å². The summed E-state index contributed by atoms with van der Waals surface area (Å²) < 4.78 is 5.84. The maximum Gasteiger partial charge on any atom is 0.264 e. The SMILES string of the molecule is COc1cc(Br)cc(/C=C2/SC(=Nc3ccccc3Cl)NC2=O)c1O. The molecule has 0 aromatic heterocycles. The maximum atomic E-state index is 12.2. The number of aromatic hydroxyl groups is 1. The summed E-state index contributed by atoms with van der Waals surface area (Å²) >= 11 is 10.6. The molecule has 0 spiro atoms. The number of methoxy groups -OCH3 is 1. The van der Waals surface area contributed by atoms with Gasteiger partial charge in [-0.1, -0.05) is 39.7 Å². The van der Waals surface area contributed by atoms with E-state index in [1.165, 1.54) is 18.9 Å². The summed E-state index contributed by atoms with van der Waals surface area (Å²) in [6.45, 7) is 0. The molecule has 25 heavy (non-hydrogen) atoms. The molecule has 0 unspecified atom stereocenters. The molecule has 0 bridgehead atoms. The molecule has 128 valence electrons. The molecule has 2 N–H and O–H groups in total. The fourth-order valence-electron chi connectivity index (χ4n) is 2.13. The number of nitrogens with one attached hydrogen (secondary N) is 1. The van der Waals surface area contributed by atoms with E-state index in [1.807, 2.05) is 6.07 Å². The lowest BCUT2D eigenvalue weighted by Gasteiger charge is -2.07. The van der Waals surface area contributed by atoms with E-state index < -0.39 is 0 Å². The number of ether oxygens (including phenoxy) is 1. The van der Waals surface area contributed by atoms with Gasteiger partial charge in [0.1, 0.15) is 0 Å². The lowest BCUT2D eigenvalue weighted by Crippen LogP contribution is -2.19. The number of amidine groups is 1. The molecule has 1 aliphatic rings. The molecule has 5 nitrogen and oxygen atoms in total. The van der Waals surface area contributed by atoms with E-state index in [-0.39, 0.29) is 11.7 Å². The van der Waals surface area contributed by atoms with Gasteiger partial charge in [0, 0.05) is 10.0 Å². The van der Waals surface area contributed by atoms with Crippen molar-refractivity contribution in [2.45, 2.75) is 0 Å². The van der Waals surface area contributed by atoms with Crippen LogP contribution in [0.25, 0.3) is 6.08 Å². The smallest absolute Gasteiger partial charge is 0.264 e. The standard InChI is InChI=1S/C17H12BrClN2O3S/c1-24-13-8-10(18)6-9(15(13)22)7-14-16(23)21-17(25-14)20-12-5-3-2-4-11(12)19/h2-8,22H,1H3,(H,20,21,23)/b14-7+. The van der Waals surface area contributed by atoms with E-state index >= 15 is 0 Å². The highest BCUT2D eigenvalue weighted by Crippen LogP contribution is 2.37. The number of thioether (sulfide) groups is 1. The van der Waals surface area contributed by atoms with Crippen LogP contribution in [0.1, 0.15) is 5.56 Å². The van der Waals surface area contributed by atoms with Gasteiger partial charge in [0.15, 0.2) is 16.7 Å². The van der Waals surface area contributed by atoms with Crippen LogP contribution in [0, 0.1) is 0 Å². The van der Waals surface area contributed by atoms with Gasteiger partial charge in [0.2, 0.25) is 0 Å². The zero-order valence-electron chi connectivity index (χ0n) is 12.9. The second-order valence-electron chi connectivity index (χ2n) is 4.98. The molecule has 3 rings (SSSR count). The Kier molecular flexibility index (Phi) is 5.36. The summed E-state index contributed by atoms with van der Waals surface area (Å²) in [7, 11) is 1.46. The fourth-order valence-corrected chi connectivity index (χ4v) is 3.59. The van der Waals surface area contributed by atoms with Crippen molar-refractivity contribution >= 4 is 62.1 Å². The Morgan fingerprint density at radius 3 is 2.84 bits per heavy atom. The first-order chi connectivity index (χ1) is 12.0. The minimum atomic E-state index is -0.297. The third kappa shape index (κ3) is 4.00. The Balaban J connectivity index is 1.93. The Labute approximate surface area is 161 Å². The molecule has 1 amide bonds. The molecule has 8 heteroatoms. The fraction of sp³-hybridized carbons (Fsp3) is 0.0588. The molecule has 1 fully saturated rings. The van der Waals surface area contributed by atoms with Gasteiger partial charge in [-0.2, -0.15) is 0 Å². The van der Waals surface area contributed by atoms with Gasteiger partial charge in [-0.25, -0.2) is 4.99 Å². The average Bonchev–Trinajstić information content (AvgIpc) is 2.92. The molecule has 0 saturated carbocycles. The maximum absolute atomic E-state index is 12.2. The molecule has 1 aliphatic heterocycles. The summed E-state index contributed by atoms with van der Waals surface area (Å²) in [5.41, 5.74) is 1.03. The molecule has 0 radical (unpaired) electrons. The zero-order valence-corrected chi connectivity index (χ0v) is 16.1. The van der Waals surface area contributed by atoms with Crippen molar-refractivity contribution in [1.29, 1.82) is 0 Å². The lowest BCUT2D eigenvalue weighted by atomic mass is 10.1. The first kappa shape index (κ1) is 17.8. The van der Waals surface area contributed by atoms with Crippen LogP contribution in [0.4, 0.5) is 5.69 Å². The van der Waals surface area contributed by atoms with Crippen molar-refractivity contribution in [1.82, 2.24) is 5.32 Å². The molecular weight excluding hydrogens is 428 g/mol. The van der Waals surface area contributed by atoms with Crippen molar-refractivity contribution in [2.75, 3.05) is 7.11 Å². The number of phenolic OH excluding ortho intramolecular Hbond substituents is 1. The highest BCUT2D eigenvalue weighted by molar-refractivity contribution is 9.10. The van der Waals surface area contributed by atoms with Crippen LogP contribution in [0.5, 0.6) is 11.5 Å². The second kappa shape index (κ2) is 7.51. The van der Waals surface area contributed by atoms with Crippen molar-refractivity contribution in [3.8, 4) is 11.5 Å². The van der Waals surface area contributed by atoms with Crippen LogP contribution in [-0.2, 0) is 4.79 Å². The van der Waals surface area contributed by atoms with Gasteiger partial charge in [-0.15, -0.1) is 0 Å². The summed E-state index contributed by atoms with van der Waals surface area (Å²) in [4.78, 5) is 16.9. The summed E-state index contributed by atoms with van der Waals surface area (Å²) in [6, 6.07) is 10.4. The Bertz CT molecular complexity index is 915. The number of para-hydroxylation sites is 1. The highest BCUT2D eigenvalue weighted by Gasteiger charge is 2.25. The minimum Gasteiger partial charge on any atom is -0.504 e. The third-order valence-corrected chi connectivity index (χ3v) is 4.99. The third-order valence-electron chi connectivity index (χ3n) is 3.30. The number of phenols is 1. The molecule has 2 aromatic rings. The number of hydrogen-bond acceptors (Lipinski definition) is 5. The Morgan fingerprint density at radius 1 is 1.36 bits per heavy atom. The number of rotatable bonds is 3. The van der Waals surface area contributed by atoms with E-state index in [0.717, 1.165) is 4.47 Å². The van der Waals surface area contributed by atoms with Gasteiger partial charge < -0.3 is 15.2 Å². The van der Waals surface area contributed by atoms with E-state index in [1.54, 1.807) is 36.4 Å². The minimum absolute atomic E-state index is 0.0388. The first-order valence-corrected chi connectivity index (χ1v) is 9.07. The predicted molar refractivity (Wildman–Crippen MR) is 105 cm³/mol. The van der Waals surface area contributed by atoms with Crippen molar-refractivity contribution in [3.63, 3.8) is 0 Å². The van der Waals surface area contributed by atoms with Gasteiger partial charge >= 0.3 is 0 Å². The molecular formula is C17H12BrClN2O3S. The Morgan fingerprint density at radius 2 is 2.12 bits per heavy atom. The molecule has 2 aromatic carbocycles. The quantitative estimate of drug-likeness (QED) is 0.680. The van der Waals surface area contributed by atoms with E-state index in [2.05, 4.69) is 26.2 Å². The summed E-state index contributed by atoms with van der Waals surface area (Å²) in [5.74, 6) is -0.0215. The number of hydrogen-bond donors (Lipinski definition) is 2. The van der Waals surface area contributed by atoms with E-state index in [9.17, 15) is 9.90 Å². The van der Waals surface area contributed by atoms with Gasteiger partial charge in [0.25, 0.3) is 5.91 Å². The number of nitrogens with zero attached hydrogens (tertiary/aromatic N) is 1. The molecule has 0 aliphatic carbocycles. The van der Waals surface area contributed by atoms with Gasteiger partial charge in [-0.05, 0) is 42.1 Å². The normalized spacial score (nSPS) is 17.2. The number of aliphatic imine (C=N–C) groups is 1. The highest BCUT2D eigenvalue weighted by atomic mass is 79.9. The topological polar surface area (TPSA) is 70.9 Å². The van der Waals surface area contributed by atoms with E-state index in [4.69, 9.17) is 16.3 Å². The first-order valence-electron chi connectivity index (χ1n) is 7.08. The molecule has 0 atom stereocenters. The Hall–Kier alpha value is -1.96. The van der Waals surface area contributed by atoms with Crippen molar-refractivity contribution in [3.05, 3.63) is 56.4 Å². The van der Waals surface area contributed by atoms with Crippen LogP contribution >= 0.6 is 39.3 Å². The second-order valence-corrected chi connectivity index (χ2v) is 7.33. The molecule has 1 heterocycles. The van der Waals surface area contributed by atoms with E-state index in [0.29, 0.717) is 32.1 Å². The number of carbonyl (C=O) groups is 1. The largest absolute Gasteiger partial charge is 0.504 e. The van der Waals surface area contributed by atoms with Crippen LogP contribution in [0.3, 0.4) is 0 Å². The van der Waals surface area contributed by atoms with Gasteiger partial charge in [-0.3, -0.25) is 4.79 Å². The number of halogens is 2.